The molecule has 1 fully saturated rings. The van der Waals surface area contributed by atoms with Crippen LogP contribution in [-0.4, -0.2) is 45.0 Å². The lowest BCUT2D eigenvalue weighted by atomic mass is 10.1. The summed E-state index contributed by atoms with van der Waals surface area (Å²) in [5, 5.41) is 30.5. The molecule has 6 rings (SSSR count). The molecule has 1 aliphatic heterocycles. The Morgan fingerprint density at radius 2 is 1.57 bits per heavy atom. The largest absolute Gasteiger partial charge is 0.393 e. The van der Waals surface area contributed by atoms with Crippen LogP contribution in [0.4, 0.5) is 22.7 Å². The van der Waals surface area contributed by atoms with Crippen molar-refractivity contribution in [2.24, 2.45) is 0 Å². The molecule has 0 atom stereocenters. The molecule has 2 aromatic heterocycles. The maximum atomic E-state index is 12.5. The zero-order valence-electron chi connectivity index (χ0n) is 21.7. The molecule has 40 heavy (non-hydrogen) atoms. The predicted molar refractivity (Wildman–Crippen MR) is 155 cm³/mol. The topological polar surface area (TPSA) is 119 Å². The molecule has 1 aliphatic rings. The molecule has 3 N–H and O–H groups in total. The number of rotatable bonds is 6. The van der Waals surface area contributed by atoms with Crippen molar-refractivity contribution in [1.29, 1.82) is 5.26 Å². The van der Waals surface area contributed by atoms with Crippen molar-refractivity contribution < 1.29 is 9.90 Å². The number of pyridine rings is 1. The minimum atomic E-state index is -0.345. The molecule has 3 aromatic carbocycles. The number of hydrogen-bond donors (Lipinski definition) is 3. The van der Waals surface area contributed by atoms with Crippen molar-refractivity contribution in [2.45, 2.75) is 18.9 Å². The van der Waals surface area contributed by atoms with Gasteiger partial charge in [-0.2, -0.15) is 10.4 Å². The fourth-order valence-corrected chi connectivity index (χ4v) is 4.84. The van der Waals surface area contributed by atoms with Gasteiger partial charge in [-0.1, -0.05) is 0 Å². The molecule has 0 radical (unpaired) electrons. The molecule has 0 saturated carbocycles. The maximum absolute atomic E-state index is 12.5. The molecule has 1 saturated heterocycles. The highest BCUT2D eigenvalue weighted by atomic mass is 16.3. The Morgan fingerprint density at radius 1 is 0.875 bits per heavy atom. The predicted octanol–water partition coefficient (Wildman–Crippen LogP) is 5.25. The van der Waals surface area contributed by atoms with Crippen LogP contribution in [0.1, 0.15) is 28.9 Å². The van der Waals surface area contributed by atoms with Gasteiger partial charge in [-0.3, -0.25) is 4.79 Å². The van der Waals surface area contributed by atoms with Gasteiger partial charge in [0.25, 0.3) is 5.91 Å². The zero-order chi connectivity index (χ0) is 27.5. The first-order valence-electron chi connectivity index (χ1n) is 13.1. The normalized spacial score (nSPS) is 13.7. The Labute approximate surface area is 231 Å². The van der Waals surface area contributed by atoms with E-state index in [-0.39, 0.29) is 17.7 Å². The molecule has 0 aliphatic carbocycles. The number of carbonyl (C=O) groups excluding carboxylic acids is 1. The third-order valence-electron chi connectivity index (χ3n) is 7.05. The fourth-order valence-electron chi connectivity index (χ4n) is 4.84. The Kier molecular flexibility index (Phi) is 6.83. The number of hydrogen-bond acceptors (Lipinski definition) is 7. The van der Waals surface area contributed by atoms with Crippen molar-refractivity contribution in [1.82, 2.24) is 14.8 Å². The van der Waals surface area contributed by atoms with Gasteiger partial charge in [0.2, 0.25) is 0 Å². The van der Waals surface area contributed by atoms with Gasteiger partial charge in [-0.25, -0.2) is 9.67 Å². The molecule has 0 unspecified atom stereocenters. The van der Waals surface area contributed by atoms with Crippen molar-refractivity contribution in [3.8, 4) is 11.8 Å². The number of nitrogens with one attached hydrogen (secondary N) is 2. The van der Waals surface area contributed by atoms with E-state index < -0.39 is 0 Å². The van der Waals surface area contributed by atoms with Crippen molar-refractivity contribution >= 4 is 39.6 Å². The van der Waals surface area contributed by atoms with Gasteiger partial charge >= 0.3 is 0 Å². The lowest BCUT2D eigenvalue weighted by molar-refractivity contribution is 0.102. The van der Waals surface area contributed by atoms with Crippen LogP contribution in [0.3, 0.4) is 0 Å². The monoisotopic (exact) mass is 529 g/mol. The Morgan fingerprint density at radius 3 is 2.27 bits per heavy atom. The van der Waals surface area contributed by atoms with Crippen LogP contribution in [0.15, 0.2) is 91.3 Å². The molecule has 198 valence electrons. The number of nitriles is 1. The highest BCUT2D eigenvalue weighted by Gasteiger charge is 2.17. The molecule has 0 spiro atoms. The molecule has 9 heteroatoms. The average molecular weight is 530 g/mol. The molecular formula is C31H27N7O2. The quantitative estimate of drug-likeness (QED) is 0.275. The minimum Gasteiger partial charge on any atom is -0.393 e. The summed E-state index contributed by atoms with van der Waals surface area (Å²) < 4.78 is 1.86. The molecular weight excluding hydrogens is 502 g/mol. The Bertz CT molecular complexity index is 1680. The standard InChI is InChI=1S/C31H27N7O2/c32-18-21-1-11-29(33-19-21)31(40)36-24-4-9-27(10-5-24)38-30-12-6-25(17-22(30)20-34-38)35-23-2-7-26(8-3-23)37-15-13-28(39)14-16-37/h1-12,17,19-20,28,35,39H,13-16H2,(H,36,40). The molecule has 5 aromatic rings. The summed E-state index contributed by atoms with van der Waals surface area (Å²) in [4.78, 5) is 18.8. The van der Waals surface area contributed by atoms with Crippen molar-refractivity contribution in [3.05, 3.63) is 103 Å². The minimum absolute atomic E-state index is 0.178. The van der Waals surface area contributed by atoms with Gasteiger partial charge in [0.1, 0.15) is 11.8 Å². The lowest BCUT2D eigenvalue weighted by Gasteiger charge is -2.31. The van der Waals surface area contributed by atoms with Crippen LogP contribution in [0.25, 0.3) is 16.6 Å². The highest BCUT2D eigenvalue weighted by Crippen LogP contribution is 2.27. The first-order chi connectivity index (χ1) is 19.6. The van der Waals surface area contributed by atoms with Crippen LogP contribution >= 0.6 is 0 Å². The van der Waals surface area contributed by atoms with E-state index in [2.05, 4.69) is 55.9 Å². The van der Waals surface area contributed by atoms with E-state index in [1.165, 1.54) is 18.0 Å². The summed E-state index contributed by atoms with van der Waals surface area (Å²) in [6, 6.07) is 27.0. The number of aliphatic hydroxyl groups is 1. The van der Waals surface area contributed by atoms with Gasteiger partial charge < -0.3 is 20.6 Å². The van der Waals surface area contributed by atoms with Gasteiger partial charge in [-0.15, -0.1) is 0 Å². The van der Waals surface area contributed by atoms with E-state index in [1.807, 2.05) is 53.3 Å². The van der Waals surface area contributed by atoms with Crippen LogP contribution in [-0.2, 0) is 0 Å². The first-order valence-corrected chi connectivity index (χ1v) is 13.1. The SMILES string of the molecule is N#Cc1ccc(C(=O)Nc2ccc(-n3ncc4cc(Nc5ccc(N6CCC(O)CC6)cc5)ccc43)cc2)nc1. The fraction of sp³-hybridized carbons (Fsp3) is 0.161. The van der Waals surface area contributed by atoms with Crippen molar-refractivity contribution in [3.63, 3.8) is 0 Å². The van der Waals surface area contributed by atoms with E-state index in [0.717, 1.165) is 53.9 Å². The third-order valence-corrected chi connectivity index (χ3v) is 7.05. The molecule has 0 bridgehead atoms. The summed E-state index contributed by atoms with van der Waals surface area (Å²) in [6.45, 7) is 1.75. The molecule has 1 amide bonds. The van der Waals surface area contributed by atoms with Gasteiger partial charge in [0.15, 0.2) is 0 Å². The molecule has 3 heterocycles. The number of carbonyl (C=O) groups is 1. The van der Waals surface area contributed by atoms with Gasteiger partial charge in [0.05, 0.1) is 29.1 Å². The molecule has 9 nitrogen and oxygen atoms in total. The second-order valence-electron chi connectivity index (χ2n) is 9.76. The number of nitrogens with zero attached hydrogens (tertiary/aromatic N) is 5. The second-order valence-corrected chi connectivity index (χ2v) is 9.76. The maximum Gasteiger partial charge on any atom is 0.274 e. The number of piperidine rings is 1. The van der Waals surface area contributed by atoms with E-state index >= 15 is 0 Å². The number of aliphatic hydroxyl groups excluding tert-OH is 1. The van der Waals surface area contributed by atoms with E-state index in [0.29, 0.717) is 11.3 Å². The summed E-state index contributed by atoms with van der Waals surface area (Å²) in [6.07, 6.45) is 4.65. The van der Waals surface area contributed by atoms with Gasteiger partial charge in [0, 0.05) is 47.4 Å². The number of aromatic nitrogens is 3. The number of fused-ring (bicyclic) bond motifs is 1. The van der Waals surface area contributed by atoms with Crippen molar-refractivity contribution in [2.75, 3.05) is 28.6 Å². The average Bonchev–Trinajstić information content (AvgIpc) is 3.42. The lowest BCUT2D eigenvalue weighted by Crippen LogP contribution is -2.35. The number of benzene rings is 3. The summed E-state index contributed by atoms with van der Waals surface area (Å²) in [5.41, 5.74) is 6.25. The van der Waals surface area contributed by atoms with Crippen LogP contribution < -0.4 is 15.5 Å². The summed E-state index contributed by atoms with van der Waals surface area (Å²) in [5.74, 6) is -0.345. The number of anilines is 4. The summed E-state index contributed by atoms with van der Waals surface area (Å²) >= 11 is 0. The Balaban J connectivity index is 1.12. The van der Waals surface area contributed by atoms with E-state index in [9.17, 15) is 9.90 Å². The first kappa shape index (κ1) is 25.1. The van der Waals surface area contributed by atoms with E-state index in [4.69, 9.17) is 5.26 Å². The van der Waals surface area contributed by atoms with Crippen LogP contribution in [0.2, 0.25) is 0 Å². The second kappa shape index (κ2) is 10.9. The third kappa shape index (κ3) is 5.34. The Hall–Kier alpha value is -5.20. The van der Waals surface area contributed by atoms with Crippen LogP contribution in [0.5, 0.6) is 0 Å². The smallest absolute Gasteiger partial charge is 0.274 e. The van der Waals surface area contributed by atoms with E-state index in [1.54, 1.807) is 6.07 Å². The van der Waals surface area contributed by atoms with Crippen LogP contribution in [0, 0.1) is 11.3 Å². The summed E-state index contributed by atoms with van der Waals surface area (Å²) in [7, 11) is 0. The highest BCUT2D eigenvalue weighted by molar-refractivity contribution is 6.02. The van der Waals surface area contributed by atoms with Gasteiger partial charge in [-0.05, 0) is 91.7 Å². The number of amides is 1. The zero-order valence-corrected chi connectivity index (χ0v) is 21.7.